The molecule has 0 aromatic heterocycles. The zero-order valence-electron chi connectivity index (χ0n) is 17.4. The van der Waals surface area contributed by atoms with Crippen LogP contribution in [0.15, 0.2) is 84.9 Å². The number of halogens is 1. The van der Waals surface area contributed by atoms with E-state index in [0.717, 1.165) is 44.0 Å². The van der Waals surface area contributed by atoms with Gasteiger partial charge in [-0.2, -0.15) is 0 Å². The molecule has 4 heteroatoms. The third-order valence-electron chi connectivity index (χ3n) is 6.34. The van der Waals surface area contributed by atoms with Crippen molar-refractivity contribution in [2.75, 3.05) is 0 Å². The van der Waals surface area contributed by atoms with Crippen LogP contribution in [0.4, 0.5) is 0 Å². The van der Waals surface area contributed by atoms with Crippen molar-refractivity contribution in [1.29, 1.82) is 0 Å². The summed E-state index contributed by atoms with van der Waals surface area (Å²) in [6, 6.07) is 28.1. The van der Waals surface area contributed by atoms with E-state index in [1.165, 1.54) is 5.56 Å². The topological polar surface area (TPSA) is 40.5 Å². The Morgan fingerprint density at radius 3 is 1.68 bits per heavy atom. The van der Waals surface area contributed by atoms with Crippen LogP contribution in [0.5, 0.6) is 0 Å². The van der Waals surface area contributed by atoms with Crippen molar-refractivity contribution in [2.45, 2.75) is 19.3 Å². The highest BCUT2D eigenvalue weighted by atomic mass is 35.5. The maximum atomic E-state index is 10.2. The monoisotopic (exact) mass is 424 g/mol. The van der Waals surface area contributed by atoms with Gasteiger partial charge in [0.2, 0.25) is 0 Å². The summed E-state index contributed by atoms with van der Waals surface area (Å²) in [4.78, 5) is 0. The maximum Gasteiger partial charge on any atom is 0.489 e. The van der Waals surface area contributed by atoms with E-state index in [9.17, 15) is 10.0 Å². The van der Waals surface area contributed by atoms with Crippen LogP contribution in [0, 0.1) is 0 Å². The molecule has 0 fully saturated rings. The van der Waals surface area contributed by atoms with Crippen LogP contribution >= 0.6 is 11.6 Å². The molecule has 1 aliphatic rings. The second-order valence-corrected chi connectivity index (χ2v) is 8.94. The summed E-state index contributed by atoms with van der Waals surface area (Å²) < 4.78 is 0. The van der Waals surface area contributed by atoms with Gasteiger partial charge < -0.3 is 10.0 Å². The smallest absolute Gasteiger partial charge is 0.423 e. The Kier molecular flexibility index (Phi) is 4.78. The van der Waals surface area contributed by atoms with Gasteiger partial charge in [-0.1, -0.05) is 104 Å². The molecule has 0 saturated heterocycles. The standard InChI is InChI=1S/C27H22BClO2/c1-27(2)25-19(13-15-21(28(30)31)23(25)17-9-5-3-6-10-17)20-14-16-22(29)24(26(20)27)18-11-7-4-8-12-18/h3-16,30-31H,1-2H3. The SMILES string of the molecule is CC1(C)c2c(ccc(Cl)c2-c2ccccc2)-c2ccc(B(O)O)c(-c3ccccc3)c21. The fourth-order valence-electron chi connectivity index (χ4n) is 5.09. The molecule has 0 radical (unpaired) electrons. The summed E-state index contributed by atoms with van der Waals surface area (Å²) in [6.45, 7) is 4.39. The Labute approximate surface area is 187 Å². The van der Waals surface area contributed by atoms with Crippen molar-refractivity contribution in [3.05, 3.63) is 101 Å². The summed E-state index contributed by atoms with van der Waals surface area (Å²) in [5.74, 6) is 0. The van der Waals surface area contributed by atoms with E-state index in [1.807, 2.05) is 66.7 Å². The highest BCUT2D eigenvalue weighted by molar-refractivity contribution is 6.60. The Hall–Kier alpha value is -2.85. The molecule has 1 aliphatic carbocycles. The average Bonchev–Trinajstić information content (AvgIpc) is 3.01. The number of hydrogen-bond acceptors (Lipinski definition) is 2. The highest BCUT2D eigenvalue weighted by Crippen LogP contribution is 2.55. The third kappa shape index (κ3) is 3.04. The molecule has 5 rings (SSSR count). The van der Waals surface area contributed by atoms with Crippen LogP contribution in [0.25, 0.3) is 33.4 Å². The lowest BCUT2D eigenvalue weighted by Gasteiger charge is -2.28. The van der Waals surface area contributed by atoms with Crippen molar-refractivity contribution in [3.8, 4) is 33.4 Å². The van der Waals surface area contributed by atoms with Crippen LogP contribution in [-0.4, -0.2) is 17.2 Å². The van der Waals surface area contributed by atoms with Crippen molar-refractivity contribution in [2.24, 2.45) is 0 Å². The predicted molar refractivity (Wildman–Crippen MR) is 130 cm³/mol. The molecule has 0 saturated carbocycles. The number of benzene rings is 4. The average molecular weight is 425 g/mol. The van der Waals surface area contributed by atoms with Crippen molar-refractivity contribution >= 4 is 24.2 Å². The minimum atomic E-state index is -1.56. The van der Waals surface area contributed by atoms with Crippen LogP contribution in [-0.2, 0) is 5.41 Å². The number of rotatable bonds is 3. The summed E-state index contributed by atoms with van der Waals surface area (Å²) in [6.07, 6.45) is 0. The molecule has 0 aliphatic heterocycles. The van der Waals surface area contributed by atoms with E-state index in [4.69, 9.17) is 11.6 Å². The zero-order chi connectivity index (χ0) is 21.8. The number of hydrogen-bond donors (Lipinski definition) is 2. The Morgan fingerprint density at radius 1 is 0.645 bits per heavy atom. The first-order valence-corrected chi connectivity index (χ1v) is 10.8. The quantitative estimate of drug-likeness (QED) is 0.417. The van der Waals surface area contributed by atoms with Gasteiger partial charge >= 0.3 is 7.12 Å². The minimum absolute atomic E-state index is 0.392. The van der Waals surface area contributed by atoms with Gasteiger partial charge in [0.15, 0.2) is 0 Å². The van der Waals surface area contributed by atoms with Crippen LogP contribution in [0.1, 0.15) is 25.0 Å². The number of fused-ring (bicyclic) bond motifs is 3. The molecule has 0 atom stereocenters. The van der Waals surface area contributed by atoms with E-state index >= 15 is 0 Å². The van der Waals surface area contributed by atoms with E-state index in [0.29, 0.717) is 5.46 Å². The van der Waals surface area contributed by atoms with E-state index in [-0.39, 0.29) is 0 Å². The second kappa shape index (κ2) is 7.38. The lowest BCUT2D eigenvalue weighted by molar-refractivity contribution is 0.426. The van der Waals surface area contributed by atoms with Gasteiger partial charge in [-0.15, -0.1) is 0 Å². The van der Waals surface area contributed by atoms with Gasteiger partial charge in [0, 0.05) is 16.0 Å². The van der Waals surface area contributed by atoms with Crippen LogP contribution in [0.3, 0.4) is 0 Å². The first kappa shape index (κ1) is 20.1. The molecule has 31 heavy (non-hydrogen) atoms. The molecule has 0 unspecified atom stereocenters. The first-order valence-electron chi connectivity index (χ1n) is 10.4. The fourth-order valence-corrected chi connectivity index (χ4v) is 5.35. The largest absolute Gasteiger partial charge is 0.489 e. The van der Waals surface area contributed by atoms with Gasteiger partial charge in [-0.3, -0.25) is 0 Å². The predicted octanol–water partition coefficient (Wildman–Crippen LogP) is 5.66. The Bertz CT molecular complexity index is 1280. The highest BCUT2D eigenvalue weighted by Gasteiger charge is 2.41. The lowest BCUT2D eigenvalue weighted by Crippen LogP contribution is -2.34. The molecule has 2 N–H and O–H groups in total. The molecule has 2 nitrogen and oxygen atoms in total. The van der Waals surface area contributed by atoms with Gasteiger partial charge in [-0.05, 0) is 50.5 Å². The molecule has 0 spiro atoms. The van der Waals surface area contributed by atoms with Gasteiger partial charge in [0.25, 0.3) is 0 Å². The third-order valence-corrected chi connectivity index (χ3v) is 6.65. The fraction of sp³-hybridized carbons (Fsp3) is 0.111. The summed E-state index contributed by atoms with van der Waals surface area (Å²) in [5, 5.41) is 21.1. The molecule has 0 bridgehead atoms. The zero-order valence-corrected chi connectivity index (χ0v) is 18.2. The van der Waals surface area contributed by atoms with E-state index in [1.54, 1.807) is 0 Å². The first-order chi connectivity index (χ1) is 14.9. The van der Waals surface area contributed by atoms with Gasteiger partial charge in [-0.25, -0.2) is 0 Å². The summed E-state index contributed by atoms with van der Waals surface area (Å²) >= 11 is 6.77. The molecule has 4 aromatic rings. The van der Waals surface area contributed by atoms with E-state index < -0.39 is 12.5 Å². The molecule has 0 heterocycles. The second-order valence-electron chi connectivity index (χ2n) is 8.53. The summed E-state index contributed by atoms with van der Waals surface area (Å²) in [5.41, 5.74) is 8.59. The van der Waals surface area contributed by atoms with Crippen molar-refractivity contribution in [1.82, 2.24) is 0 Å². The Morgan fingerprint density at radius 2 is 1.13 bits per heavy atom. The lowest BCUT2D eigenvalue weighted by atomic mass is 9.69. The molecule has 0 amide bonds. The van der Waals surface area contributed by atoms with Crippen LogP contribution in [0.2, 0.25) is 5.02 Å². The molecular formula is C27H22BClO2. The summed E-state index contributed by atoms with van der Waals surface area (Å²) in [7, 11) is -1.56. The van der Waals surface area contributed by atoms with Crippen LogP contribution < -0.4 is 5.46 Å². The van der Waals surface area contributed by atoms with Crippen molar-refractivity contribution < 1.29 is 10.0 Å². The molecule has 152 valence electrons. The molecular weight excluding hydrogens is 403 g/mol. The van der Waals surface area contributed by atoms with Gasteiger partial charge in [0.05, 0.1) is 0 Å². The normalized spacial score (nSPS) is 13.6. The van der Waals surface area contributed by atoms with Gasteiger partial charge in [0.1, 0.15) is 0 Å². The van der Waals surface area contributed by atoms with Crippen molar-refractivity contribution in [3.63, 3.8) is 0 Å². The molecule has 4 aromatic carbocycles. The Balaban J connectivity index is 1.88. The minimum Gasteiger partial charge on any atom is -0.423 e. The van der Waals surface area contributed by atoms with E-state index in [2.05, 4.69) is 32.0 Å². The maximum absolute atomic E-state index is 10.2.